The Hall–Kier alpha value is -3.36. The lowest BCUT2D eigenvalue weighted by atomic mass is 9.95. The Bertz CT molecular complexity index is 1070. The zero-order valence-corrected chi connectivity index (χ0v) is 20.9. The van der Waals surface area contributed by atoms with Crippen LogP contribution in [0.25, 0.3) is 5.76 Å². The molecule has 1 amide bonds. The molecule has 0 aromatic heterocycles. The summed E-state index contributed by atoms with van der Waals surface area (Å²) in [5.74, 6) is -0.102. The number of aliphatic hydroxyl groups is 1. The number of morpholine rings is 1. The average Bonchev–Trinajstić information content (AvgIpc) is 3.17. The number of hydrogen-bond acceptors (Lipinski definition) is 7. The van der Waals surface area contributed by atoms with E-state index in [2.05, 4.69) is 4.90 Å². The Balaban J connectivity index is 1.63. The number of ether oxygens (including phenoxy) is 3. The van der Waals surface area contributed by atoms with Crippen molar-refractivity contribution in [3.8, 4) is 11.5 Å². The number of amides is 1. The fourth-order valence-corrected chi connectivity index (χ4v) is 4.62. The van der Waals surface area contributed by atoms with Crippen LogP contribution in [0.1, 0.15) is 36.9 Å². The topological polar surface area (TPSA) is 88.5 Å². The predicted octanol–water partition coefficient (Wildman–Crippen LogP) is 3.63. The maximum atomic E-state index is 13.2. The number of nitrogens with zero attached hydrogens (tertiary/aromatic N) is 2. The summed E-state index contributed by atoms with van der Waals surface area (Å²) >= 11 is 0. The van der Waals surface area contributed by atoms with Gasteiger partial charge in [-0.05, 0) is 54.8 Å². The Labute approximate surface area is 212 Å². The molecule has 2 fully saturated rings. The molecular formula is C28H34N2O6. The van der Waals surface area contributed by atoms with Crippen LogP contribution in [0.5, 0.6) is 11.5 Å². The second-order valence-corrected chi connectivity index (χ2v) is 8.95. The summed E-state index contributed by atoms with van der Waals surface area (Å²) in [7, 11) is 1.58. The molecule has 2 aliphatic rings. The summed E-state index contributed by atoms with van der Waals surface area (Å²) in [5.41, 5.74) is 1.30. The van der Waals surface area contributed by atoms with Gasteiger partial charge in [0.2, 0.25) is 0 Å². The fourth-order valence-electron chi connectivity index (χ4n) is 4.62. The minimum atomic E-state index is -0.684. The van der Waals surface area contributed by atoms with Crippen molar-refractivity contribution in [1.82, 2.24) is 9.80 Å². The maximum absolute atomic E-state index is 13.2. The molecule has 8 heteroatoms. The molecule has 2 aliphatic heterocycles. The molecule has 0 aliphatic carbocycles. The first-order valence-corrected chi connectivity index (χ1v) is 12.5. The first kappa shape index (κ1) is 25.7. The number of benzene rings is 2. The van der Waals surface area contributed by atoms with E-state index < -0.39 is 17.7 Å². The van der Waals surface area contributed by atoms with Gasteiger partial charge in [-0.1, -0.05) is 19.1 Å². The third-order valence-corrected chi connectivity index (χ3v) is 6.55. The van der Waals surface area contributed by atoms with Crippen LogP contribution < -0.4 is 9.47 Å². The van der Waals surface area contributed by atoms with Crippen LogP contribution in [0, 0.1) is 0 Å². The van der Waals surface area contributed by atoms with Crippen molar-refractivity contribution in [3.05, 3.63) is 65.2 Å². The van der Waals surface area contributed by atoms with E-state index in [0.29, 0.717) is 49.8 Å². The Morgan fingerprint density at radius 1 is 1.00 bits per heavy atom. The highest BCUT2D eigenvalue weighted by Crippen LogP contribution is 2.40. The van der Waals surface area contributed by atoms with Gasteiger partial charge in [0.1, 0.15) is 17.3 Å². The number of ketones is 1. The summed E-state index contributed by atoms with van der Waals surface area (Å²) in [4.78, 5) is 30.3. The standard InChI is InChI=1S/C28H34N2O6/c1-3-17-36-23-11-7-21(8-12-23)26(31)24-25(20-5-9-22(34-2)10-6-20)30(28(33)27(24)32)14-4-13-29-15-18-35-19-16-29/h5-12,25,31H,3-4,13-19H2,1-2H3/t25-/m1/s1. The molecule has 0 unspecified atom stereocenters. The number of carbonyl (C=O) groups excluding carboxylic acids is 2. The number of methoxy groups -OCH3 is 1. The summed E-state index contributed by atoms with van der Waals surface area (Å²) in [6, 6.07) is 13.5. The average molecular weight is 495 g/mol. The van der Waals surface area contributed by atoms with Crippen LogP contribution in [0.15, 0.2) is 54.1 Å². The first-order chi connectivity index (χ1) is 17.5. The molecule has 8 nitrogen and oxygen atoms in total. The van der Waals surface area contributed by atoms with Crippen LogP contribution in [-0.2, 0) is 14.3 Å². The summed E-state index contributed by atoms with van der Waals surface area (Å²) < 4.78 is 16.3. The molecule has 2 aromatic carbocycles. The van der Waals surface area contributed by atoms with Crippen molar-refractivity contribution in [1.29, 1.82) is 0 Å². The van der Waals surface area contributed by atoms with E-state index in [4.69, 9.17) is 14.2 Å². The normalized spacial score (nSPS) is 20.1. The molecule has 0 saturated carbocycles. The van der Waals surface area contributed by atoms with E-state index in [1.165, 1.54) is 0 Å². The molecular weight excluding hydrogens is 460 g/mol. The van der Waals surface area contributed by atoms with Gasteiger partial charge in [0.25, 0.3) is 11.7 Å². The minimum Gasteiger partial charge on any atom is -0.507 e. The molecule has 36 heavy (non-hydrogen) atoms. The number of rotatable bonds is 10. The minimum absolute atomic E-state index is 0.0961. The van der Waals surface area contributed by atoms with E-state index in [1.807, 2.05) is 19.1 Å². The summed E-state index contributed by atoms with van der Waals surface area (Å²) in [6.45, 7) is 6.96. The van der Waals surface area contributed by atoms with Gasteiger partial charge >= 0.3 is 0 Å². The largest absolute Gasteiger partial charge is 0.507 e. The Kier molecular flexibility index (Phi) is 8.61. The van der Waals surface area contributed by atoms with E-state index >= 15 is 0 Å². The van der Waals surface area contributed by atoms with Crippen molar-refractivity contribution in [2.24, 2.45) is 0 Å². The van der Waals surface area contributed by atoms with Gasteiger partial charge in [-0.25, -0.2) is 0 Å². The Morgan fingerprint density at radius 2 is 1.67 bits per heavy atom. The number of likely N-dealkylation sites (tertiary alicyclic amines) is 1. The lowest BCUT2D eigenvalue weighted by Gasteiger charge is -2.29. The van der Waals surface area contributed by atoms with Crippen molar-refractivity contribution in [2.75, 3.05) is 53.1 Å². The van der Waals surface area contributed by atoms with Crippen molar-refractivity contribution >= 4 is 17.4 Å². The molecule has 4 rings (SSSR count). The molecule has 0 radical (unpaired) electrons. The lowest BCUT2D eigenvalue weighted by molar-refractivity contribution is -0.140. The van der Waals surface area contributed by atoms with Crippen LogP contribution in [0.2, 0.25) is 0 Å². The van der Waals surface area contributed by atoms with Crippen LogP contribution in [-0.4, -0.2) is 79.7 Å². The van der Waals surface area contributed by atoms with Crippen LogP contribution >= 0.6 is 0 Å². The predicted molar refractivity (Wildman–Crippen MR) is 136 cm³/mol. The molecule has 192 valence electrons. The SMILES string of the molecule is CCCOc1ccc(C(O)=C2C(=O)C(=O)N(CCCN3CCOCC3)[C@@H]2c2ccc(OC)cc2)cc1. The fraction of sp³-hybridized carbons (Fsp3) is 0.429. The second kappa shape index (κ2) is 12.1. The van der Waals surface area contributed by atoms with E-state index in [1.54, 1.807) is 48.4 Å². The van der Waals surface area contributed by atoms with E-state index in [0.717, 1.165) is 31.6 Å². The van der Waals surface area contributed by atoms with Gasteiger partial charge in [-0.3, -0.25) is 14.5 Å². The number of Topliss-reactive ketones (excluding diaryl/α,β-unsaturated/α-hetero) is 1. The second-order valence-electron chi connectivity index (χ2n) is 8.95. The zero-order chi connectivity index (χ0) is 25.5. The van der Waals surface area contributed by atoms with Crippen LogP contribution in [0.4, 0.5) is 0 Å². The summed E-state index contributed by atoms with van der Waals surface area (Å²) in [5, 5.41) is 11.2. The molecule has 1 atom stereocenters. The molecule has 2 aromatic rings. The highest BCUT2D eigenvalue weighted by molar-refractivity contribution is 6.46. The zero-order valence-electron chi connectivity index (χ0n) is 20.9. The van der Waals surface area contributed by atoms with E-state index in [-0.39, 0.29) is 11.3 Å². The van der Waals surface area contributed by atoms with Crippen molar-refractivity contribution < 1.29 is 28.9 Å². The smallest absolute Gasteiger partial charge is 0.295 e. The van der Waals surface area contributed by atoms with Gasteiger partial charge in [-0.2, -0.15) is 0 Å². The quantitative estimate of drug-likeness (QED) is 0.307. The molecule has 0 bridgehead atoms. The van der Waals surface area contributed by atoms with Crippen molar-refractivity contribution in [3.63, 3.8) is 0 Å². The van der Waals surface area contributed by atoms with Gasteiger partial charge in [0, 0.05) is 31.7 Å². The highest BCUT2D eigenvalue weighted by Gasteiger charge is 2.45. The summed E-state index contributed by atoms with van der Waals surface area (Å²) in [6.07, 6.45) is 1.60. The maximum Gasteiger partial charge on any atom is 0.295 e. The third kappa shape index (κ3) is 5.71. The van der Waals surface area contributed by atoms with Crippen LogP contribution in [0.3, 0.4) is 0 Å². The molecule has 2 saturated heterocycles. The number of aliphatic hydroxyl groups excluding tert-OH is 1. The van der Waals surface area contributed by atoms with Gasteiger partial charge in [0.05, 0.1) is 38.5 Å². The molecule has 1 N–H and O–H groups in total. The monoisotopic (exact) mass is 494 g/mol. The van der Waals surface area contributed by atoms with Gasteiger partial charge in [0.15, 0.2) is 0 Å². The molecule has 2 heterocycles. The third-order valence-electron chi connectivity index (χ3n) is 6.55. The first-order valence-electron chi connectivity index (χ1n) is 12.5. The van der Waals surface area contributed by atoms with Gasteiger partial charge in [-0.15, -0.1) is 0 Å². The van der Waals surface area contributed by atoms with Gasteiger partial charge < -0.3 is 24.2 Å². The Morgan fingerprint density at radius 3 is 2.31 bits per heavy atom. The van der Waals surface area contributed by atoms with Crippen molar-refractivity contribution in [2.45, 2.75) is 25.8 Å². The number of carbonyl (C=O) groups is 2. The highest BCUT2D eigenvalue weighted by atomic mass is 16.5. The lowest BCUT2D eigenvalue weighted by Crippen LogP contribution is -2.38. The number of hydrogen-bond donors (Lipinski definition) is 1. The van der Waals surface area contributed by atoms with E-state index in [9.17, 15) is 14.7 Å². The molecule has 0 spiro atoms.